The number of nitrogens with zero attached hydrogens (tertiary/aromatic N) is 3. The number of amides is 2. The average Bonchev–Trinajstić information content (AvgIpc) is 3.20. The number of carbonyl (C=O) groups is 1. The van der Waals surface area contributed by atoms with Crippen LogP contribution in [0, 0.1) is 6.92 Å². The van der Waals surface area contributed by atoms with Crippen molar-refractivity contribution in [2.24, 2.45) is 0 Å². The first-order valence-electron chi connectivity index (χ1n) is 10.4. The lowest BCUT2D eigenvalue weighted by Crippen LogP contribution is -2.44. The highest BCUT2D eigenvalue weighted by atomic mass is 16.5. The van der Waals surface area contributed by atoms with E-state index in [0.29, 0.717) is 12.6 Å². The molecular weight excluding hydrogens is 376 g/mol. The zero-order valence-corrected chi connectivity index (χ0v) is 17.5. The molecule has 2 heterocycles. The van der Waals surface area contributed by atoms with Crippen LogP contribution in [0.3, 0.4) is 0 Å². The molecule has 0 aliphatic carbocycles. The third kappa shape index (κ3) is 4.32. The van der Waals surface area contributed by atoms with Gasteiger partial charge in [-0.3, -0.25) is 0 Å². The Morgan fingerprint density at radius 1 is 1.10 bits per heavy atom. The average molecular weight is 405 g/mol. The number of nitrogens with one attached hydrogen (secondary N) is 1. The summed E-state index contributed by atoms with van der Waals surface area (Å²) in [5.41, 5.74) is 3.35. The summed E-state index contributed by atoms with van der Waals surface area (Å²) in [6.07, 6.45) is 3.79. The van der Waals surface area contributed by atoms with Crippen LogP contribution in [-0.4, -0.2) is 40.7 Å². The second kappa shape index (κ2) is 9.03. The lowest BCUT2D eigenvalue weighted by molar-refractivity contribution is 0.171. The van der Waals surface area contributed by atoms with Crippen molar-refractivity contribution in [3.05, 3.63) is 72.1 Å². The Morgan fingerprint density at radius 3 is 2.47 bits per heavy atom. The van der Waals surface area contributed by atoms with Gasteiger partial charge in [0, 0.05) is 43.1 Å². The number of aryl methyl sites for hydroxylation is 1. The van der Waals surface area contributed by atoms with E-state index in [0.717, 1.165) is 54.3 Å². The number of hydrogen-bond donors (Lipinski definition) is 1. The van der Waals surface area contributed by atoms with Crippen LogP contribution in [-0.2, 0) is 6.54 Å². The standard InChI is InChI=1S/C24H28N4O2/c1-18-16-25-23(20-6-4-3-5-7-20)28(18)21-12-14-27(15-13-21)24(29)26-17-19-8-10-22(30-2)11-9-19/h3-11,16,21H,12-15,17H2,1-2H3,(H,26,29). The van der Waals surface area contributed by atoms with E-state index in [1.165, 1.54) is 0 Å². The van der Waals surface area contributed by atoms with Crippen molar-refractivity contribution in [1.82, 2.24) is 19.8 Å². The first-order valence-corrected chi connectivity index (χ1v) is 10.4. The van der Waals surface area contributed by atoms with Crippen LogP contribution in [0.1, 0.15) is 30.1 Å². The van der Waals surface area contributed by atoms with Crippen LogP contribution in [0.5, 0.6) is 5.75 Å². The van der Waals surface area contributed by atoms with Crippen LogP contribution in [0.4, 0.5) is 4.79 Å². The molecule has 2 amide bonds. The Bertz CT molecular complexity index is 974. The number of carbonyl (C=O) groups excluding carboxylic acids is 1. The molecule has 0 unspecified atom stereocenters. The van der Waals surface area contributed by atoms with Gasteiger partial charge < -0.3 is 19.5 Å². The number of benzene rings is 2. The second-order valence-corrected chi connectivity index (χ2v) is 7.68. The maximum Gasteiger partial charge on any atom is 0.317 e. The fraction of sp³-hybridized carbons (Fsp3) is 0.333. The van der Waals surface area contributed by atoms with Crippen molar-refractivity contribution in [3.63, 3.8) is 0 Å². The topological polar surface area (TPSA) is 59.4 Å². The number of rotatable bonds is 5. The number of likely N-dealkylation sites (tertiary alicyclic amines) is 1. The quantitative estimate of drug-likeness (QED) is 0.685. The molecule has 6 heteroatoms. The van der Waals surface area contributed by atoms with Crippen molar-refractivity contribution >= 4 is 6.03 Å². The van der Waals surface area contributed by atoms with Crippen molar-refractivity contribution in [2.45, 2.75) is 32.4 Å². The highest BCUT2D eigenvalue weighted by molar-refractivity contribution is 5.74. The first kappa shape index (κ1) is 20.0. The molecule has 6 nitrogen and oxygen atoms in total. The smallest absolute Gasteiger partial charge is 0.317 e. The van der Waals surface area contributed by atoms with Crippen molar-refractivity contribution in [3.8, 4) is 17.1 Å². The summed E-state index contributed by atoms with van der Waals surface area (Å²) in [6.45, 7) is 4.10. The van der Waals surface area contributed by atoms with Gasteiger partial charge in [-0.15, -0.1) is 0 Å². The van der Waals surface area contributed by atoms with E-state index >= 15 is 0 Å². The monoisotopic (exact) mass is 404 g/mol. The van der Waals surface area contributed by atoms with Gasteiger partial charge in [-0.25, -0.2) is 9.78 Å². The summed E-state index contributed by atoms with van der Waals surface area (Å²) in [7, 11) is 1.65. The largest absolute Gasteiger partial charge is 0.497 e. The molecule has 1 aromatic heterocycles. The third-order valence-electron chi connectivity index (χ3n) is 5.73. The molecule has 30 heavy (non-hydrogen) atoms. The molecule has 4 rings (SSSR count). The van der Waals surface area contributed by atoms with Crippen molar-refractivity contribution < 1.29 is 9.53 Å². The normalized spacial score (nSPS) is 14.5. The molecule has 0 atom stereocenters. The number of aromatic nitrogens is 2. The molecule has 0 saturated carbocycles. The molecule has 156 valence electrons. The number of methoxy groups -OCH3 is 1. The lowest BCUT2D eigenvalue weighted by Gasteiger charge is -2.34. The summed E-state index contributed by atoms with van der Waals surface area (Å²) < 4.78 is 7.51. The molecular formula is C24H28N4O2. The predicted molar refractivity (Wildman–Crippen MR) is 117 cm³/mol. The zero-order chi connectivity index (χ0) is 20.9. The SMILES string of the molecule is COc1ccc(CNC(=O)N2CCC(n3c(C)cnc3-c3ccccc3)CC2)cc1. The molecule has 1 N–H and O–H groups in total. The summed E-state index contributed by atoms with van der Waals surface area (Å²) in [6, 6.07) is 18.4. The maximum atomic E-state index is 12.6. The van der Waals surface area contributed by atoms with Gasteiger partial charge in [0.05, 0.1) is 7.11 Å². The summed E-state index contributed by atoms with van der Waals surface area (Å²) >= 11 is 0. The molecule has 1 fully saturated rings. The van der Waals surface area contributed by atoms with E-state index in [9.17, 15) is 4.79 Å². The zero-order valence-electron chi connectivity index (χ0n) is 17.5. The Balaban J connectivity index is 1.35. The fourth-order valence-electron chi connectivity index (χ4n) is 4.07. The Labute approximate surface area is 177 Å². The highest BCUT2D eigenvalue weighted by Crippen LogP contribution is 2.30. The summed E-state index contributed by atoms with van der Waals surface area (Å²) in [4.78, 5) is 19.2. The maximum absolute atomic E-state index is 12.6. The summed E-state index contributed by atoms with van der Waals surface area (Å²) in [5, 5.41) is 3.03. The Kier molecular flexibility index (Phi) is 6.02. The van der Waals surface area contributed by atoms with E-state index in [1.54, 1.807) is 7.11 Å². The van der Waals surface area contributed by atoms with E-state index in [-0.39, 0.29) is 6.03 Å². The van der Waals surface area contributed by atoms with Gasteiger partial charge in [-0.1, -0.05) is 42.5 Å². The van der Waals surface area contributed by atoms with E-state index < -0.39 is 0 Å². The van der Waals surface area contributed by atoms with Gasteiger partial charge in [0.15, 0.2) is 0 Å². The van der Waals surface area contributed by atoms with Crippen LogP contribution in [0.2, 0.25) is 0 Å². The predicted octanol–water partition coefficient (Wildman–Crippen LogP) is 4.41. The first-order chi connectivity index (χ1) is 14.7. The van der Waals surface area contributed by atoms with E-state index in [1.807, 2.05) is 53.6 Å². The number of urea groups is 1. The molecule has 1 aliphatic rings. The summed E-state index contributed by atoms with van der Waals surface area (Å²) in [5.74, 6) is 1.83. The van der Waals surface area contributed by atoms with Crippen LogP contribution in [0.15, 0.2) is 60.8 Å². The van der Waals surface area contributed by atoms with E-state index in [4.69, 9.17) is 4.74 Å². The number of imidazole rings is 1. The molecule has 1 aliphatic heterocycles. The number of piperidine rings is 1. The minimum Gasteiger partial charge on any atom is -0.497 e. The minimum absolute atomic E-state index is 0.00472. The molecule has 1 saturated heterocycles. The number of hydrogen-bond acceptors (Lipinski definition) is 3. The van der Waals surface area contributed by atoms with Crippen molar-refractivity contribution in [1.29, 1.82) is 0 Å². The van der Waals surface area contributed by atoms with Crippen molar-refractivity contribution in [2.75, 3.05) is 20.2 Å². The fourth-order valence-corrected chi connectivity index (χ4v) is 4.07. The van der Waals surface area contributed by atoms with E-state index in [2.05, 4.69) is 33.9 Å². The van der Waals surface area contributed by atoms with Crippen LogP contribution in [0.25, 0.3) is 11.4 Å². The minimum atomic E-state index is -0.00472. The van der Waals surface area contributed by atoms with Gasteiger partial charge in [0.25, 0.3) is 0 Å². The molecule has 3 aromatic rings. The van der Waals surface area contributed by atoms with Crippen LogP contribution < -0.4 is 10.1 Å². The number of ether oxygens (including phenoxy) is 1. The molecule has 0 spiro atoms. The highest BCUT2D eigenvalue weighted by Gasteiger charge is 2.26. The third-order valence-corrected chi connectivity index (χ3v) is 5.73. The second-order valence-electron chi connectivity index (χ2n) is 7.68. The Hall–Kier alpha value is -3.28. The lowest BCUT2D eigenvalue weighted by atomic mass is 10.0. The molecule has 0 bridgehead atoms. The van der Waals surface area contributed by atoms with Crippen LogP contribution >= 0.6 is 0 Å². The van der Waals surface area contributed by atoms with Gasteiger partial charge in [0.2, 0.25) is 0 Å². The van der Waals surface area contributed by atoms with Gasteiger partial charge in [-0.05, 0) is 37.5 Å². The Morgan fingerprint density at radius 2 is 1.80 bits per heavy atom. The van der Waals surface area contributed by atoms with Gasteiger partial charge in [-0.2, -0.15) is 0 Å². The molecule has 2 aromatic carbocycles. The molecule has 0 radical (unpaired) electrons. The van der Waals surface area contributed by atoms with Gasteiger partial charge in [0.1, 0.15) is 11.6 Å². The van der Waals surface area contributed by atoms with Gasteiger partial charge >= 0.3 is 6.03 Å².